The molecule has 2 rings (SSSR count). The van der Waals surface area contributed by atoms with Gasteiger partial charge in [0.1, 0.15) is 23.8 Å². The van der Waals surface area contributed by atoms with E-state index in [0.29, 0.717) is 11.5 Å². The van der Waals surface area contributed by atoms with Crippen molar-refractivity contribution in [3.05, 3.63) is 58.2 Å². The van der Waals surface area contributed by atoms with Crippen LogP contribution in [0, 0.1) is 11.3 Å². The van der Waals surface area contributed by atoms with Crippen molar-refractivity contribution in [3.63, 3.8) is 0 Å². The summed E-state index contributed by atoms with van der Waals surface area (Å²) < 4.78 is 15.0. The van der Waals surface area contributed by atoms with E-state index in [-0.39, 0.29) is 29.2 Å². The van der Waals surface area contributed by atoms with E-state index >= 15 is 0 Å². The molecule has 0 saturated carbocycles. The fraction of sp³-hybridized carbons (Fsp3) is 0.350. The van der Waals surface area contributed by atoms with Gasteiger partial charge in [-0.1, -0.05) is 38.1 Å². The Morgan fingerprint density at radius 2 is 1.85 bits per heavy atom. The maximum absolute atomic E-state index is 12.5. The lowest BCUT2D eigenvalue weighted by Crippen LogP contribution is -2.27. The van der Waals surface area contributed by atoms with Crippen LogP contribution in [0.1, 0.15) is 43.2 Å². The quantitative estimate of drug-likeness (QED) is 0.793. The first-order valence-electron chi connectivity index (χ1n) is 8.39. The first kappa shape index (κ1) is 20.0. The SMILES string of the molecule is COC(=O)CC1=C(C(=O)OC)[C@H](c2ccc(C(C)C)cc2)C(C#N)=C(N)O1. The van der Waals surface area contributed by atoms with Crippen LogP contribution in [0.3, 0.4) is 0 Å². The zero-order chi connectivity index (χ0) is 20.1. The van der Waals surface area contributed by atoms with Gasteiger partial charge in [-0.25, -0.2) is 4.79 Å². The summed E-state index contributed by atoms with van der Waals surface area (Å²) in [6.07, 6.45) is -0.305. The van der Waals surface area contributed by atoms with E-state index in [4.69, 9.17) is 15.2 Å². The zero-order valence-electron chi connectivity index (χ0n) is 15.7. The maximum atomic E-state index is 12.5. The van der Waals surface area contributed by atoms with Gasteiger partial charge >= 0.3 is 11.9 Å². The van der Waals surface area contributed by atoms with Gasteiger partial charge in [-0.3, -0.25) is 4.79 Å². The highest BCUT2D eigenvalue weighted by atomic mass is 16.5. The zero-order valence-corrected chi connectivity index (χ0v) is 15.7. The third-order valence-corrected chi connectivity index (χ3v) is 4.37. The van der Waals surface area contributed by atoms with E-state index in [1.54, 1.807) is 0 Å². The van der Waals surface area contributed by atoms with Crippen molar-refractivity contribution in [1.29, 1.82) is 5.26 Å². The highest BCUT2D eigenvalue weighted by Crippen LogP contribution is 2.40. The Morgan fingerprint density at radius 3 is 2.33 bits per heavy atom. The maximum Gasteiger partial charge on any atom is 0.338 e. The molecule has 0 fully saturated rings. The molecule has 27 heavy (non-hydrogen) atoms. The Kier molecular flexibility index (Phi) is 6.24. The first-order chi connectivity index (χ1) is 12.8. The molecular formula is C20H22N2O5. The molecule has 0 radical (unpaired) electrons. The number of carbonyl (C=O) groups is 2. The van der Waals surface area contributed by atoms with Crippen LogP contribution < -0.4 is 5.73 Å². The summed E-state index contributed by atoms with van der Waals surface area (Å²) in [7, 11) is 2.45. The summed E-state index contributed by atoms with van der Waals surface area (Å²) in [5.74, 6) is -1.90. The van der Waals surface area contributed by atoms with Crippen molar-refractivity contribution < 1.29 is 23.8 Å². The summed E-state index contributed by atoms with van der Waals surface area (Å²) in [4.78, 5) is 24.2. The van der Waals surface area contributed by atoms with Crippen molar-refractivity contribution in [2.24, 2.45) is 5.73 Å². The molecule has 142 valence electrons. The van der Waals surface area contributed by atoms with Gasteiger partial charge in [-0.2, -0.15) is 5.26 Å². The van der Waals surface area contributed by atoms with E-state index in [2.05, 4.69) is 18.6 Å². The number of rotatable bonds is 5. The molecule has 0 saturated heterocycles. The predicted octanol–water partition coefficient (Wildman–Crippen LogP) is 2.61. The molecule has 1 heterocycles. The Bertz CT molecular complexity index is 844. The second-order valence-corrected chi connectivity index (χ2v) is 6.33. The number of nitriles is 1. The third-order valence-electron chi connectivity index (χ3n) is 4.37. The topological polar surface area (TPSA) is 112 Å². The van der Waals surface area contributed by atoms with Gasteiger partial charge in [0.2, 0.25) is 5.88 Å². The minimum absolute atomic E-state index is 0.0168. The lowest BCUT2D eigenvalue weighted by molar-refractivity contribution is -0.140. The molecule has 0 unspecified atom stereocenters. The molecule has 0 amide bonds. The molecule has 7 nitrogen and oxygen atoms in total. The lowest BCUT2D eigenvalue weighted by Gasteiger charge is -2.27. The van der Waals surface area contributed by atoms with Crippen molar-refractivity contribution in [2.75, 3.05) is 14.2 Å². The van der Waals surface area contributed by atoms with Crippen LogP contribution in [-0.4, -0.2) is 26.2 Å². The van der Waals surface area contributed by atoms with Crippen molar-refractivity contribution in [1.82, 2.24) is 0 Å². The van der Waals surface area contributed by atoms with Gasteiger partial charge in [0.25, 0.3) is 0 Å². The lowest BCUT2D eigenvalue weighted by atomic mass is 9.82. The number of allylic oxidation sites excluding steroid dienone is 1. The molecule has 0 aromatic heterocycles. The van der Waals surface area contributed by atoms with E-state index in [1.807, 2.05) is 30.3 Å². The number of esters is 2. The van der Waals surface area contributed by atoms with E-state index in [1.165, 1.54) is 14.2 Å². The molecule has 1 aromatic carbocycles. The highest BCUT2D eigenvalue weighted by molar-refractivity contribution is 5.93. The number of hydrogen-bond donors (Lipinski definition) is 1. The fourth-order valence-electron chi connectivity index (χ4n) is 2.89. The van der Waals surface area contributed by atoms with Crippen molar-refractivity contribution in [3.8, 4) is 6.07 Å². The van der Waals surface area contributed by atoms with Gasteiger partial charge in [0.05, 0.1) is 25.7 Å². The number of methoxy groups -OCH3 is 2. The minimum Gasteiger partial charge on any atom is -0.469 e. The van der Waals surface area contributed by atoms with Gasteiger partial charge in [0.15, 0.2) is 0 Å². The number of carbonyl (C=O) groups excluding carboxylic acids is 2. The summed E-state index contributed by atoms with van der Waals surface area (Å²) in [5, 5.41) is 9.59. The Labute approximate surface area is 158 Å². The van der Waals surface area contributed by atoms with Crippen LogP contribution in [0.2, 0.25) is 0 Å². The van der Waals surface area contributed by atoms with E-state index in [9.17, 15) is 14.9 Å². The molecule has 0 spiro atoms. The second kappa shape index (κ2) is 8.41. The van der Waals surface area contributed by atoms with Crippen LogP contribution in [0.5, 0.6) is 0 Å². The summed E-state index contributed by atoms with van der Waals surface area (Å²) in [6.45, 7) is 4.13. The minimum atomic E-state index is -0.794. The number of nitrogens with two attached hydrogens (primary N) is 1. The third kappa shape index (κ3) is 4.11. The number of benzene rings is 1. The van der Waals surface area contributed by atoms with Crippen LogP contribution in [-0.2, 0) is 23.8 Å². The van der Waals surface area contributed by atoms with Crippen molar-refractivity contribution in [2.45, 2.75) is 32.1 Å². The van der Waals surface area contributed by atoms with Gasteiger partial charge < -0.3 is 19.9 Å². The standard InChI is InChI=1S/C20H22N2O5/c1-11(2)12-5-7-13(8-6-12)17-14(10-21)19(22)27-15(9-16(23)25-3)18(17)20(24)26-4/h5-8,11,17H,9,22H2,1-4H3/t17-/m1/s1. The fourth-order valence-corrected chi connectivity index (χ4v) is 2.89. The molecule has 1 aliphatic heterocycles. The Balaban J connectivity index is 2.64. The predicted molar refractivity (Wildman–Crippen MR) is 96.9 cm³/mol. The summed E-state index contributed by atoms with van der Waals surface area (Å²) >= 11 is 0. The van der Waals surface area contributed by atoms with Crippen molar-refractivity contribution >= 4 is 11.9 Å². The average Bonchev–Trinajstić information content (AvgIpc) is 2.66. The van der Waals surface area contributed by atoms with Gasteiger partial charge in [-0.15, -0.1) is 0 Å². The molecular weight excluding hydrogens is 348 g/mol. The Hall–Kier alpha value is -3.27. The number of ether oxygens (including phenoxy) is 3. The molecule has 2 N–H and O–H groups in total. The van der Waals surface area contributed by atoms with Crippen LogP contribution in [0.15, 0.2) is 47.1 Å². The highest BCUT2D eigenvalue weighted by Gasteiger charge is 2.38. The van der Waals surface area contributed by atoms with Gasteiger partial charge in [-0.05, 0) is 17.0 Å². The average molecular weight is 370 g/mol. The number of hydrogen-bond acceptors (Lipinski definition) is 7. The molecule has 0 bridgehead atoms. The van der Waals surface area contributed by atoms with Crippen LogP contribution >= 0.6 is 0 Å². The van der Waals surface area contributed by atoms with E-state index < -0.39 is 17.9 Å². The molecule has 1 aliphatic rings. The molecule has 0 aliphatic carbocycles. The summed E-state index contributed by atoms with van der Waals surface area (Å²) in [5.41, 5.74) is 7.83. The molecule has 1 atom stereocenters. The van der Waals surface area contributed by atoms with Crippen LogP contribution in [0.25, 0.3) is 0 Å². The van der Waals surface area contributed by atoms with Crippen LogP contribution in [0.4, 0.5) is 0 Å². The first-order valence-corrected chi connectivity index (χ1v) is 8.39. The van der Waals surface area contributed by atoms with E-state index in [0.717, 1.165) is 5.56 Å². The number of nitrogens with zero attached hydrogens (tertiary/aromatic N) is 1. The molecule has 1 aromatic rings. The molecule has 7 heteroatoms. The summed E-state index contributed by atoms with van der Waals surface area (Å²) in [6, 6.07) is 9.52. The largest absolute Gasteiger partial charge is 0.469 e. The second-order valence-electron chi connectivity index (χ2n) is 6.33. The monoisotopic (exact) mass is 370 g/mol. The normalized spacial score (nSPS) is 16.7. The Morgan fingerprint density at radius 1 is 1.22 bits per heavy atom. The van der Waals surface area contributed by atoms with Gasteiger partial charge in [0, 0.05) is 0 Å². The smallest absolute Gasteiger partial charge is 0.338 e.